The Morgan fingerprint density at radius 2 is 0.303 bits per heavy atom. The molecule has 22 heterocycles. The molecule has 0 aromatic carbocycles. The predicted molar refractivity (Wildman–Crippen MR) is 196 cm³/mol. The van der Waals surface area contributed by atoms with Gasteiger partial charge in [-0.05, 0) is 0 Å². The lowest BCUT2D eigenvalue weighted by Crippen LogP contribution is -2.69. The minimum atomic E-state index is -2.15. The topological polar surface area (TPSA) is 475 Å². The van der Waals surface area contributed by atoms with E-state index >= 15 is 0 Å². The molecular weight excluding hydrogens is 912 g/mol. The van der Waals surface area contributed by atoms with Gasteiger partial charge >= 0.3 is 0 Å². The molecule has 0 aromatic rings. The lowest BCUT2D eigenvalue weighted by atomic mass is 9.94. The highest BCUT2D eigenvalue weighted by atomic mass is 16.8. The third kappa shape index (κ3) is 10.0. The van der Waals surface area contributed by atoms with E-state index in [1.165, 1.54) is 0 Å². The molecule has 0 amide bonds. The van der Waals surface area contributed by atoms with Gasteiger partial charge in [0.2, 0.25) is 0 Å². The van der Waals surface area contributed by atoms with Gasteiger partial charge in [-0.2, -0.15) is 0 Å². The van der Waals surface area contributed by atoms with Crippen LogP contribution in [0.4, 0.5) is 0 Å². The lowest BCUT2D eigenvalue weighted by molar-refractivity contribution is -0.404. The van der Waals surface area contributed by atoms with Crippen molar-refractivity contribution in [2.24, 2.45) is 0 Å². The van der Waals surface area contributed by atoms with E-state index in [1.807, 2.05) is 0 Å². The van der Waals surface area contributed by atoms with Gasteiger partial charge in [0.05, 0.1) is 39.6 Å². The molecule has 30 heteroatoms. The molecule has 22 saturated heterocycles. The van der Waals surface area contributed by atoms with Gasteiger partial charge in [-0.25, -0.2) is 0 Å². The van der Waals surface area contributed by atoms with Gasteiger partial charge in [-0.1, -0.05) is 0 Å². The smallest absolute Gasteiger partial charge is 0.187 e. The van der Waals surface area contributed by atoms with Crippen LogP contribution in [0, 0.1) is 0 Å². The van der Waals surface area contributed by atoms with Crippen LogP contribution >= 0.6 is 0 Å². The second-order valence-corrected chi connectivity index (χ2v) is 16.8. The van der Waals surface area contributed by atoms with Gasteiger partial charge in [0.1, 0.15) is 146 Å². The van der Waals surface area contributed by atoms with Crippen LogP contribution in [0.3, 0.4) is 0 Å². The van der Waals surface area contributed by atoms with Crippen LogP contribution < -0.4 is 0 Å². The molecular formula is C36H60O30. The summed E-state index contributed by atoms with van der Waals surface area (Å²) in [5.74, 6) is 0. The van der Waals surface area contributed by atoms with Gasteiger partial charge in [-0.15, -0.1) is 0 Å². The molecule has 0 spiro atoms. The van der Waals surface area contributed by atoms with Gasteiger partial charge in [-0.3, -0.25) is 0 Å². The highest BCUT2D eigenvalue weighted by molar-refractivity contribution is 5.01. The molecule has 384 valence electrons. The quantitative estimate of drug-likeness (QED) is 0.117. The van der Waals surface area contributed by atoms with Gasteiger partial charge < -0.3 is 149 Å². The Hall–Kier alpha value is -1.20. The summed E-state index contributed by atoms with van der Waals surface area (Å²) in [6.07, 6.45) is -58.5. The van der Waals surface area contributed by atoms with Crippen LogP contribution in [0.1, 0.15) is 0 Å². The largest absolute Gasteiger partial charge is 0.394 e. The summed E-state index contributed by atoms with van der Waals surface area (Å²) in [4.78, 5) is 0. The SMILES string of the molecule is OC[C@H]1O[C@@H]2O[C@H]3[C@@H](O)[C@H](O)[C@@H](O[C@H]4[C@@H](O)[C@H](O)[C@@H](O[C@H]5[C@@H](O)[C@H](O)[C@@H](O[C@H]6[C@@H](O)[C@H](O)[C@@H](O[C@H]7[C@@H](O)[C@H](O)[C@@H](OC1[C@@H](O)[C@@H]2O)O[C@@H]7CO)O[C@@H]6CO)O[C@@H]5CO)O[C@@H]4CO)O[C@@H]3CO. The summed E-state index contributed by atoms with van der Waals surface area (Å²) in [6.45, 7) is -5.99. The fourth-order valence-electron chi connectivity index (χ4n) is 8.93. The molecule has 22 aliphatic rings. The van der Waals surface area contributed by atoms with E-state index in [-0.39, 0.29) is 0 Å². The molecule has 0 saturated carbocycles. The zero-order chi connectivity index (χ0) is 48.0. The maximum absolute atomic E-state index is 11.2. The molecule has 30 nitrogen and oxygen atoms in total. The molecule has 18 N–H and O–H groups in total. The maximum Gasteiger partial charge on any atom is 0.187 e. The number of ether oxygens (including phenoxy) is 12. The summed E-state index contributed by atoms with van der Waals surface area (Å²) in [7, 11) is 0. The fourth-order valence-corrected chi connectivity index (χ4v) is 8.93. The molecule has 0 aliphatic carbocycles. The first kappa shape index (κ1) is 52.6. The fraction of sp³-hybridized carbons (Fsp3) is 1.00. The second-order valence-electron chi connectivity index (χ2n) is 16.8. The zero-order valence-electron chi connectivity index (χ0n) is 34.5. The van der Waals surface area contributed by atoms with E-state index in [0.29, 0.717) is 0 Å². The minimum absolute atomic E-state index is 0.999. The van der Waals surface area contributed by atoms with Crippen LogP contribution in [-0.4, -0.2) is 316 Å². The zero-order valence-corrected chi connectivity index (χ0v) is 34.5. The Morgan fingerprint density at radius 1 is 0.182 bits per heavy atom. The Balaban J connectivity index is 1.19. The predicted octanol–water partition coefficient (Wildman–Crippen LogP) is -13.1. The number of aliphatic hydroxyl groups excluding tert-OH is 18. The first-order valence-electron chi connectivity index (χ1n) is 21.1. The van der Waals surface area contributed by atoms with Gasteiger partial charge in [0.25, 0.3) is 0 Å². The average molecular weight is 973 g/mol. The van der Waals surface area contributed by atoms with Gasteiger partial charge in [0, 0.05) is 0 Å². The standard InChI is InChI=1S/C36H60O30/c37-1-7-25-13(43)19(49)31(55-7)62-26-8(2-38)57-33(21(51)15(26)45)64-28-10(4-40)59-35(23(53)17(28)47)66-30-12(6-42)60-36(24(54)18(30)48)65-29-11(5-41)58-34(22(52)16(29)46)63-27-9(3-39)56-32(61-25)20(50)14(27)44/h7-54H,1-6H2/t7-,8-,9-,10-,11-,12-,13+,14+,15+,16+,17+,18+,19+,20+,21+,22+,23+,24+,25-,26-,27-,28-,29-,30?,31-,32-,33-,34-,35-,36-/m1/s1. The highest BCUT2D eigenvalue weighted by Crippen LogP contribution is 2.38. The summed E-state index contributed by atoms with van der Waals surface area (Å²) in [5.41, 5.74) is 0. The third-order valence-electron chi connectivity index (χ3n) is 12.7. The molecule has 22 rings (SSSR count). The van der Waals surface area contributed by atoms with Crippen molar-refractivity contribution < 1.29 is 149 Å². The van der Waals surface area contributed by atoms with Crippen molar-refractivity contribution >= 4 is 0 Å². The molecule has 0 radical (unpaired) electrons. The molecule has 22 aliphatic heterocycles. The van der Waals surface area contributed by atoms with Crippen molar-refractivity contribution in [2.45, 2.75) is 184 Å². The summed E-state index contributed by atoms with van der Waals surface area (Å²) >= 11 is 0. The molecule has 30 atom stereocenters. The van der Waals surface area contributed by atoms with Crippen LogP contribution in [-0.2, 0) is 56.8 Å². The maximum atomic E-state index is 11.2. The summed E-state index contributed by atoms with van der Waals surface area (Å²) in [6, 6.07) is 0. The van der Waals surface area contributed by atoms with Crippen LogP contribution in [0.5, 0.6) is 0 Å². The molecule has 22 fully saturated rings. The van der Waals surface area contributed by atoms with Crippen molar-refractivity contribution in [1.29, 1.82) is 0 Å². The van der Waals surface area contributed by atoms with E-state index in [0.717, 1.165) is 0 Å². The number of hydrogen-bond donors (Lipinski definition) is 18. The average Bonchev–Trinajstić information content (AvgIpc) is 3.31. The number of rotatable bonds is 6. The molecule has 12 bridgehead atoms. The normalized spacial score (nSPS) is 55.4. The van der Waals surface area contributed by atoms with Crippen LogP contribution in [0.15, 0.2) is 0 Å². The van der Waals surface area contributed by atoms with Gasteiger partial charge in [0.15, 0.2) is 37.7 Å². The summed E-state index contributed by atoms with van der Waals surface area (Å²) < 4.78 is 67.9. The Kier molecular flexibility index (Phi) is 17.6. The van der Waals surface area contributed by atoms with Crippen molar-refractivity contribution in [2.75, 3.05) is 39.6 Å². The van der Waals surface area contributed by atoms with E-state index < -0.39 is 224 Å². The van der Waals surface area contributed by atoms with Crippen molar-refractivity contribution in [3.05, 3.63) is 0 Å². The highest BCUT2D eigenvalue weighted by Gasteiger charge is 2.58. The first-order valence-corrected chi connectivity index (χ1v) is 21.1. The first-order chi connectivity index (χ1) is 31.4. The molecule has 0 aromatic heterocycles. The van der Waals surface area contributed by atoms with Crippen LogP contribution in [0.25, 0.3) is 0 Å². The molecule has 66 heavy (non-hydrogen) atoms. The molecule has 1 unspecified atom stereocenters. The van der Waals surface area contributed by atoms with E-state index in [2.05, 4.69) is 0 Å². The number of hydrogen-bond acceptors (Lipinski definition) is 30. The Labute approximate surface area is 372 Å². The monoisotopic (exact) mass is 972 g/mol. The number of aliphatic hydroxyl groups is 18. The minimum Gasteiger partial charge on any atom is -0.394 e. The van der Waals surface area contributed by atoms with E-state index in [4.69, 9.17) is 56.8 Å². The lowest BCUT2D eigenvalue weighted by Gasteiger charge is -2.50. The van der Waals surface area contributed by atoms with Crippen LogP contribution in [0.2, 0.25) is 0 Å². The van der Waals surface area contributed by atoms with Crippen molar-refractivity contribution in [1.82, 2.24) is 0 Å². The second kappa shape index (κ2) is 22.1. The van der Waals surface area contributed by atoms with E-state index in [1.54, 1.807) is 0 Å². The Bertz CT molecular complexity index is 1230. The van der Waals surface area contributed by atoms with Crippen molar-refractivity contribution in [3.8, 4) is 0 Å². The summed E-state index contributed by atoms with van der Waals surface area (Å²) in [5, 5.41) is 196. The van der Waals surface area contributed by atoms with Crippen molar-refractivity contribution in [3.63, 3.8) is 0 Å². The Morgan fingerprint density at radius 3 is 0.409 bits per heavy atom. The van der Waals surface area contributed by atoms with E-state index in [9.17, 15) is 91.9 Å². The third-order valence-corrected chi connectivity index (χ3v) is 12.7.